The van der Waals surface area contributed by atoms with Gasteiger partial charge in [0.15, 0.2) is 0 Å². The second kappa shape index (κ2) is 8.64. The van der Waals surface area contributed by atoms with E-state index in [9.17, 15) is 19.5 Å². The molecule has 1 aliphatic carbocycles. The monoisotopic (exact) mass is 379 g/mol. The molecule has 142 valence electrons. The summed E-state index contributed by atoms with van der Waals surface area (Å²) in [4.78, 5) is 36.5. The minimum absolute atomic E-state index is 0.0505. The first kappa shape index (κ1) is 18.8. The highest BCUT2D eigenvalue weighted by Gasteiger charge is 2.27. The van der Waals surface area contributed by atoms with Crippen LogP contribution in [0.15, 0.2) is 0 Å². The molecular formula is C18H23N2O5S-. The molecule has 1 fully saturated rings. The maximum absolute atomic E-state index is 12.8. The standard InChI is InChI=1S/C18H24N2O5S/c21-14(7-8-15(22)23)20-18-16(12-5-1-2-6-13(12)26-18)17(24)19-10-11-4-3-9-25-11/h11H,1-10H2,(H,19,24)(H,20,21)(H,22,23)/p-1/t11-/m0/s1. The van der Waals surface area contributed by atoms with Crippen molar-refractivity contribution in [2.24, 2.45) is 0 Å². The Morgan fingerprint density at radius 2 is 1.96 bits per heavy atom. The van der Waals surface area contributed by atoms with Gasteiger partial charge < -0.3 is 25.3 Å². The fraction of sp³-hybridized carbons (Fsp3) is 0.611. The highest BCUT2D eigenvalue weighted by atomic mass is 32.1. The molecule has 1 aromatic rings. The number of amides is 2. The van der Waals surface area contributed by atoms with Crippen LogP contribution < -0.4 is 15.7 Å². The summed E-state index contributed by atoms with van der Waals surface area (Å²) in [5, 5.41) is 16.7. The number of aryl methyl sites for hydroxylation is 1. The van der Waals surface area contributed by atoms with Crippen LogP contribution >= 0.6 is 11.3 Å². The number of nitrogens with one attached hydrogen (secondary N) is 2. The SMILES string of the molecule is O=C([O-])CCC(=O)Nc1sc2c(c1C(=O)NC[C@@H]1CCCO1)CCCC2. The summed E-state index contributed by atoms with van der Waals surface area (Å²) in [5.74, 6) is -1.88. The third-order valence-electron chi connectivity index (χ3n) is 4.72. The zero-order valence-corrected chi connectivity index (χ0v) is 15.4. The van der Waals surface area contributed by atoms with Crippen molar-refractivity contribution in [3.63, 3.8) is 0 Å². The normalized spacial score (nSPS) is 19.0. The second-order valence-electron chi connectivity index (χ2n) is 6.68. The summed E-state index contributed by atoms with van der Waals surface area (Å²) in [6, 6.07) is 0. The van der Waals surface area contributed by atoms with Gasteiger partial charge in [0.25, 0.3) is 5.91 Å². The molecule has 1 saturated heterocycles. The highest BCUT2D eigenvalue weighted by molar-refractivity contribution is 7.17. The summed E-state index contributed by atoms with van der Waals surface area (Å²) >= 11 is 1.42. The Balaban J connectivity index is 1.73. The largest absolute Gasteiger partial charge is 0.550 e. The number of fused-ring (bicyclic) bond motifs is 1. The molecule has 3 rings (SSSR count). The van der Waals surface area contributed by atoms with Crippen LogP contribution in [0.4, 0.5) is 5.00 Å². The molecule has 26 heavy (non-hydrogen) atoms. The van der Waals surface area contributed by atoms with Crippen molar-refractivity contribution in [3.05, 3.63) is 16.0 Å². The van der Waals surface area contributed by atoms with E-state index in [0.29, 0.717) is 17.1 Å². The topological polar surface area (TPSA) is 108 Å². The van der Waals surface area contributed by atoms with Crippen molar-refractivity contribution < 1.29 is 24.2 Å². The van der Waals surface area contributed by atoms with E-state index in [1.54, 1.807) is 0 Å². The number of carbonyl (C=O) groups excluding carboxylic acids is 3. The van der Waals surface area contributed by atoms with Gasteiger partial charge in [0.2, 0.25) is 5.91 Å². The van der Waals surface area contributed by atoms with E-state index < -0.39 is 11.9 Å². The number of hydrogen-bond donors (Lipinski definition) is 2. The number of ether oxygens (including phenoxy) is 1. The van der Waals surface area contributed by atoms with Crippen molar-refractivity contribution in [3.8, 4) is 0 Å². The molecule has 2 amide bonds. The Kier molecular flexibility index (Phi) is 6.26. The smallest absolute Gasteiger partial charge is 0.254 e. The number of carbonyl (C=O) groups is 3. The van der Waals surface area contributed by atoms with Crippen LogP contribution in [0.1, 0.15) is 59.3 Å². The third-order valence-corrected chi connectivity index (χ3v) is 5.93. The molecule has 1 atom stereocenters. The van der Waals surface area contributed by atoms with E-state index in [4.69, 9.17) is 4.74 Å². The molecule has 0 aromatic carbocycles. The highest BCUT2D eigenvalue weighted by Crippen LogP contribution is 2.38. The fourth-order valence-corrected chi connectivity index (χ4v) is 4.70. The second-order valence-corrected chi connectivity index (χ2v) is 7.79. The molecule has 2 N–H and O–H groups in total. The summed E-state index contributed by atoms with van der Waals surface area (Å²) in [6.45, 7) is 1.19. The van der Waals surface area contributed by atoms with E-state index in [1.807, 2.05) is 0 Å². The van der Waals surface area contributed by atoms with Gasteiger partial charge in [0.1, 0.15) is 5.00 Å². The van der Waals surface area contributed by atoms with Gasteiger partial charge in [-0.25, -0.2) is 0 Å². The Hall–Kier alpha value is -1.93. The summed E-state index contributed by atoms with van der Waals surface area (Å²) in [5.41, 5.74) is 1.55. The number of thiophene rings is 1. The van der Waals surface area contributed by atoms with Crippen molar-refractivity contribution in [2.45, 2.75) is 57.5 Å². The average Bonchev–Trinajstić information content (AvgIpc) is 3.25. The molecule has 0 unspecified atom stereocenters. The number of carboxylic acid groups (broad SMARTS) is 1. The lowest BCUT2D eigenvalue weighted by atomic mass is 9.95. The van der Waals surface area contributed by atoms with Gasteiger partial charge in [-0.1, -0.05) is 0 Å². The van der Waals surface area contributed by atoms with Crippen molar-refractivity contribution in [1.29, 1.82) is 0 Å². The van der Waals surface area contributed by atoms with Crippen LogP contribution in [0.25, 0.3) is 0 Å². The van der Waals surface area contributed by atoms with Gasteiger partial charge >= 0.3 is 0 Å². The lowest BCUT2D eigenvalue weighted by molar-refractivity contribution is -0.305. The molecule has 0 spiro atoms. The van der Waals surface area contributed by atoms with Crippen LogP contribution in [0.3, 0.4) is 0 Å². The lowest BCUT2D eigenvalue weighted by Gasteiger charge is -2.15. The Labute approximate surface area is 156 Å². The van der Waals surface area contributed by atoms with Gasteiger partial charge in [0.05, 0.1) is 11.7 Å². The van der Waals surface area contributed by atoms with Gasteiger partial charge in [0, 0.05) is 30.4 Å². The number of aliphatic carboxylic acids is 1. The maximum atomic E-state index is 12.8. The Morgan fingerprint density at radius 3 is 2.69 bits per heavy atom. The molecule has 7 nitrogen and oxygen atoms in total. The quantitative estimate of drug-likeness (QED) is 0.735. The van der Waals surface area contributed by atoms with Crippen LogP contribution in [-0.4, -0.2) is 37.0 Å². The number of carboxylic acids is 1. The van der Waals surface area contributed by atoms with Crippen LogP contribution in [-0.2, 0) is 27.2 Å². The zero-order valence-electron chi connectivity index (χ0n) is 14.6. The predicted molar refractivity (Wildman–Crippen MR) is 95.1 cm³/mol. The molecule has 2 aliphatic rings. The molecule has 0 radical (unpaired) electrons. The minimum atomic E-state index is -1.26. The van der Waals surface area contributed by atoms with Gasteiger partial charge in [-0.15, -0.1) is 11.3 Å². The molecular weight excluding hydrogens is 356 g/mol. The van der Waals surface area contributed by atoms with Crippen molar-refractivity contribution in [1.82, 2.24) is 5.32 Å². The van der Waals surface area contributed by atoms with E-state index in [-0.39, 0.29) is 24.9 Å². The molecule has 1 aliphatic heterocycles. The first-order valence-corrected chi connectivity index (χ1v) is 9.90. The lowest BCUT2D eigenvalue weighted by Crippen LogP contribution is -2.32. The average molecular weight is 379 g/mol. The van der Waals surface area contributed by atoms with Gasteiger partial charge in [-0.05, 0) is 50.5 Å². The first-order chi connectivity index (χ1) is 12.5. The molecule has 1 aromatic heterocycles. The molecule has 0 saturated carbocycles. The summed E-state index contributed by atoms with van der Waals surface area (Å²) in [6.07, 6.45) is 5.32. The summed E-state index contributed by atoms with van der Waals surface area (Å²) in [7, 11) is 0. The first-order valence-electron chi connectivity index (χ1n) is 9.08. The van der Waals surface area contributed by atoms with Gasteiger partial charge in [-0.2, -0.15) is 0 Å². The molecule has 8 heteroatoms. The van der Waals surface area contributed by atoms with E-state index in [1.165, 1.54) is 11.3 Å². The number of hydrogen-bond acceptors (Lipinski definition) is 6. The third kappa shape index (κ3) is 4.62. The number of rotatable bonds is 7. The van der Waals surface area contributed by atoms with Crippen molar-refractivity contribution in [2.75, 3.05) is 18.5 Å². The van der Waals surface area contributed by atoms with E-state index in [0.717, 1.165) is 55.6 Å². The van der Waals surface area contributed by atoms with Crippen LogP contribution in [0.2, 0.25) is 0 Å². The van der Waals surface area contributed by atoms with Crippen molar-refractivity contribution >= 4 is 34.1 Å². The van der Waals surface area contributed by atoms with Crippen LogP contribution in [0.5, 0.6) is 0 Å². The van der Waals surface area contributed by atoms with E-state index in [2.05, 4.69) is 10.6 Å². The minimum Gasteiger partial charge on any atom is -0.550 e. The Bertz CT molecular complexity index is 694. The number of anilines is 1. The zero-order chi connectivity index (χ0) is 18.5. The maximum Gasteiger partial charge on any atom is 0.254 e. The van der Waals surface area contributed by atoms with E-state index >= 15 is 0 Å². The fourth-order valence-electron chi connectivity index (χ4n) is 3.40. The Morgan fingerprint density at radius 1 is 1.15 bits per heavy atom. The van der Waals surface area contributed by atoms with Crippen LogP contribution in [0, 0.1) is 0 Å². The summed E-state index contributed by atoms with van der Waals surface area (Å²) < 4.78 is 5.54. The van der Waals surface area contributed by atoms with Gasteiger partial charge in [-0.3, -0.25) is 9.59 Å². The predicted octanol–water partition coefficient (Wildman–Crippen LogP) is 1.00. The molecule has 2 heterocycles. The molecule has 0 bridgehead atoms.